The van der Waals surface area contributed by atoms with Crippen molar-refractivity contribution < 1.29 is 13.9 Å². The minimum atomic E-state index is -0.279. The molecule has 0 spiro atoms. The fourth-order valence-corrected chi connectivity index (χ4v) is 4.04. The van der Waals surface area contributed by atoms with Gasteiger partial charge in [0.25, 0.3) is 5.91 Å². The van der Waals surface area contributed by atoms with E-state index in [0.717, 1.165) is 54.4 Å². The first-order valence-electron chi connectivity index (χ1n) is 11.2. The molecule has 1 aliphatic heterocycles. The Bertz CT molecular complexity index is 1290. The van der Waals surface area contributed by atoms with Gasteiger partial charge in [0, 0.05) is 35.6 Å². The van der Waals surface area contributed by atoms with E-state index < -0.39 is 0 Å². The van der Waals surface area contributed by atoms with Crippen LogP contribution in [0.3, 0.4) is 0 Å². The molecule has 0 atom stereocenters. The van der Waals surface area contributed by atoms with Gasteiger partial charge < -0.3 is 19.9 Å². The Morgan fingerprint density at radius 3 is 2.50 bits per heavy atom. The number of hydrogen-bond donors (Lipinski definition) is 2. The number of nitrogens with zero attached hydrogens (tertiary/aromatic N) is 2. The molecule has 1 saturated heterocycles. The third-order valence-electron chi connectivity index (χ3n) is 5.99. The molecule has 1 fully saturated rings. The molecule has 6 nitrogen and oxygen atoms in total. The Morgan fingerprint density at radius 1 is 1.03 bits per heavy atom. The van der Waals surface area contributed by atoms with Crippen molar-refractivity contribution in [2.24, 2.45) is 0 Å². The van der Waals surface area contributed by atoms with E-state index in [9.17, 15) is 9.18 Å². The van der Waals surface area contributed by atoms with Crippen LogP contribution in [0.4, 0.5) is 15.8 Å². The quantitative estimate of drug-likeness (QED) is 0.429. The molecule has 3 aromatic carbocycles. The Labute approximate surface area is 197 Å². The Balaban J connectivity index is 1.32. The fraction of sp³-hybridized carbons (Fsp3) is 0.185. The number of halogens is 1. The predicted octanol–water partition coefficient (Wildman–Crippen LogP) is 5.28. The molecule has 34 heavy (non-hydrogen) atoms. The molecule has 5 rings (SSSR count). The number of carbonyl (C=O) groups excluding carboxylic acids is 1. The van der Waals surface area contributed by atoms with Gasteiger partial charge in [-0.1, -0.05) is 6.07 Å². The first kappa shape index (κ1) is 21.9. The summed E-state index contributed by atoms with van der Waals surface area (Å²) in [5, 5.41) is 2.98. The molecule has 0 bridgehead atoms. The molecule has 2 N–H and O–H groups in total. The van der Waals surface area contributed by atoms with Crippen LogP contribution in [0.15, 0.2) is 72.9 Å². The molecule has 0 radical (unpaired) electrons. The summed E-state index contributed by atoms with van der Waals surface area (Å²) in [4.78, 5) is 22.9. The van der Waals surface area contributed by atoms with E-state index in [2.05, 4.69) is 20.2 Å². The van der Waals surface area contributed by atoms with Crippen molar-refractivity contribution in [1.29, 1.82) is 0 Å². The zero-order chi connectivity index (χ0) is 23.5. The maximum Gasteiger partial charge on any atom is 0.255 e. The van der Waals surface area contributed by atoms with E-state index in [-0.39, 0.29) is 11.7 Å². The molecule has 4 aromatic rings. The minimum absolute atomic E-state index is 0.172. The molecule has 2 heterocycles. The summed E-state index contributed by atoms with van der Waals surface area (Å²) in [7, 11) is 0. The van der Waals surface area contributed by atoms with Crippen LogP contribution >= 0.6 is 0 Å². The fourth-order valence-electron chi connectivity index (χ4n) is 4.04. The van der Waals surface area contributed by atoms with Crippen molar-refractivity contribution in [3.8, 4) is 22.6 Å². The van der Waals surface area contributed by atoms with Crippen LogP contribution in [0, 0.1) is 12.7 Å². The van der Waals surface area contributed by atoms with Gasteiger partial charge in [-0.15, -0.1) is 0 Å². The zero-order valence-electron chi connectivity index (χ0n) is 18.8. The van der Waals surface area contributed by atoms with Crippen molar-refractivity contribution >= 4 is 17.3 Å². The largest absolute Gasteiger partial charge is 0.378 e. The molecular formula is C27H25FN4O2. The molecule has 0 unspecified atom stereocenters. The highest BCUT2D eigenvalue weighted by Crippen LogP contribution is 2.27. The van der Waals surface area contributed by atoms with Crippen molar-refractivity contribution in [3.63, 3.8) is 0 Å². The Hall–Kier alpha value is -3.97. The number of aromatic amines is 1. The maximum absolute atomic E-state index is 13.2. The average molecular weight is 457 g/mol. The molecule has 1 aliphatic rings. The van der Waals surface area contributed by atoms with Gasteiger partial charge >= 0.3 is 0 Å². The van der Waals surface area contributed by atoms with Gasteiger partial charge in [0.1, 0.15) is 11.6 Å². The first-order chi connectivity index (χ1) is 16.6. The topological polar surface area (TPSA) is 70.2 Å². The number of imidazole rings is 1. The van der Waals surface area contributed by atoms with E-state index in [4.69, 9.17) is 4.74 Å². The summed E-state index contributed by atoms with van der Waals surface area (Å²) in [6.07, 6.45) is 1.73. The number of nitrogens with one attached hydrogen (secondary N) is 2. The second kappa shape index (κ2) is 9.49. The average Bonchev–Trinajstić information content (AvgIpc) is 3.36. The smallest absolute Gasteiger partial charge is 0.255 e. The number of ether oxygens (including phenoxy) is 1. The maximum atomic E-state index is 13.2. The number of hydrogen-bond acceptors (Lipinski definition) is 4. The van der Waals surface area contributed by atoms with E-state index >= 15 is 0 Å². The number of anilines is 2. The SMILES string of the molecule is Cc1ccc(NC(=O)c2ccc(N3CCOCC3)cc2)cc1-c1ncc(-c2ccc(F)cc2)[nH]1. The van der Waals surface area contributed by atoms with Crippen LogP contribution in [-0.4, -0.2) is 42.2 Å². The second-order valence-corrected chi connectivity index (χ2v) is 8.28. The number of aromatic nitrogens is 2. The van der Waals surface area contributed by atoms with Gasteiger partial charge in [-0.25, -0.2) is 9.37 Å². The molecule has 0 saturated carbocycles. The number of rotatable bonds is 5. The number of amides is 1. The van der Waals surface area contributed by atoms with Gasteiger partial charge in [0.15, 0.2) is 0 Å². The molecule has 1 aromatic heterocycles. The van der Waals surface area contributed by atoms with Crippen LogP contribution < -0.4 is 10.2 Å². The molecular weight excluding hydrogens is 431 g/mol. The third kappa shape index (κ3) is 4.70. The van der Waals surface area contributed by atoms with Gasteiger partial charge in [0.05, 0.1) is 25.1 Å². The Morgan fingerprint density at radius 2 is 1.76 bits per heavy atom. The predicted molar refractivity (Wildman–Crippen MR) is 132 cm³/mol. The van der Waals surface area contributed by atoms with Gasteiger partial charge in [-0.3, -0.25) is 4.79 Å². The minimum Gasteiger partial charge on any atom is -0.378 e. The summed E-state index contributed by atoms with van der Waals surface area (Å²) in [6, 6.07) is 19.6. The summed E-state index contributed by atoms with van der Waals surface area (Å²) >= 11 is 0. The summed E-state index contributed by atoms with van der Waals surface area (Å²) in [5.74, 6) is 0.232. The third-order valence-corrected chi connectivity index (χ3v) is 5.99. The van der Waals surface area contributed by atoms with Gasteiger partial charge in [-0.2, -0.15) is 0 Å². The van der Waals surface area contributed by atoms with Gasteiger partial charge in [0.2, 0.25) is 0 Å². The van der Waals surface area contributed by atoms with Crippen molar-refractivity contribution in [2.75, 3.05) is 36.5 Å². The monoisotopic (exact) mass is 456 g/mol. The number of benzene rings is 3. The number of morpholine rings is 1. The van der Waals surface area contributed by atoms with Crippen LogP contribution in [0.25, 0.3) is 22.6 Å². The lowest BCUT2D eigenvalue weighted by Gasteiger charge is -2.28. The summed E-state index contributed by atoms with van der Waals surface area (Å²) < 4.78 is 18.6. The number of H-pyrrole nitrogens is 1. The summed E-state index contributed by atoms with van der Waals surface area (Å²) in [5.41, 5.74) is 5.92. The van der Waals surface area contributed by atoms with Crippen molar-refractivity contribution in [2.45, 2.75) is 6.92 Å². The molecule has 7 heteroatoms. The van der Waals surface area contributed by atoms with Crippen molar-refractivity contribution in [3.05, 3.63) is 89.9 Å². The van der Waals surface area contributed by atoms with Gasteiger partial charge in [-0.05, 0) is 78.7 Å². The van der Waals surface area contributed by atoms with Crippen LogP contribution in [-0.2, 0) is 4.74 Å². The number of aryl methyl sites for hydroxylation is 1. The molecule has 0 aliphatic carbocycles. The highest BCUT2D eigenvalue weighted by molar-refractivity contribution is 6.04. The first-order valence-corrected chi connectivity index (χ1v) is 11.2. The zero-order valence-corrected chi connectivity index (χ0v) is 18.8. The van der Waals surface area contributed by atoms with E-state index in [1.807, 2.05) is 49.4 Å². The normalized spacial score (nSPS) is 13.6. The standard InChI is InChI=1S/C27H25FN4O2/c1-18-2-9-22(16-24(18)26-29-17-25(31-26)19-3-7-21(28)8-4-19)30-27(33)20-5-10-23(11-6-20)32-12-14-34-15-13-32/h2-11,16-17H,12-15H2,1H3,(H,29,31)(H,30,33). The second-order valence-electron chi connectivity index (χ2n) is 8.28. The lowest BCUT2D eigenvalue weighted by atomic mass is 10.1. The van der Waals surface area contributed by atoms with E-state index in [1.165, 1.54) is 12.1 Å². The number of carbonyl (C=O) groups is 1. The lowest BCUT2D eigenvalue weighted by molar-refractivity contribution is 0.102. The molecule has 172 valence electrons. The highest BCUT2D eigenvalue weighted by Gasteiger charge is 2.14. The van der Waals surface area contributed by atoms with Crippen LogP contribution in [0.1, 0.15) is 15.9 Å². The van der Waals surface area contributed by atoms with Crippen molar-refractivity contribution in [1.82, 2.24) is 9.97 Å². The summed E-state index contributed by atoms with van der Waals surface area (Å²) in [6.45, 7) is 5.14. The van der Waals surface area contributed by atoms with Crippen LogP contribution in [0.2, 0.25) is 0 Å². The van der Waals surface area contributed by atoms with E-state index in [1.54, 1.807) is 18.3 Å². The lowest BCUT2D eigenvalue weighted by Crippen LogP contribution is -2.36. The van der Waals surface area contributed by atoms with Crippen LogP contribution in [0.5, 0.6) is 0 Å². The Kier molecular flexibility index (Phi) is 6.10. The molecule has 1 amide bonds. The highest BCUT2D eigenvalue weighted by atomic mass is 19.1. The van der Waals surface area contributed by atoms with E-state index in [0.29, 0.717) is 17.1 Å².